The van der Waals surface area contributed by atoms with Gasteiger partial charge in [-0.1, -0.05) is 12.1 Å². The minimum Gasteiger partial charge on any atom is -0.464 e. The third kappa shape index (κ3) is 2.67. The Morgan fingerprint density at radius 3 is 2.71 bits per heavy atom. The first-order chi connectivity index (χ1) is 10.2. The maximum Gasteiger partial charge on any atom is 0.367 e. The van der Waals surface area contributed by atoms with E-state index in [0.717, 1.165) is 29.9 Å². The lowest BCUT2D eigenvalue weighted by atomic mass is 10.1. The number of benzene rings is 1. The lowest BCUT2D eigenvalue weighted by molar-refractivity contribution is -0.117. The molecule has 2 heterocycles. The van der Waals surface area contributed by atoms with Gasteiger partial charge in [0.2, 0.25) is 10.9 Å². The fourth-order valence-corrected chi connectivity index (χ4v) is 3.06. The summed E-state index contributed by atoms with van der Waals surface area (Å²) in [5, 5.41) is 2.16. The molecule has 2 aromatic rings. The van der Waals surface area contributed by atoms with Crippen molar-refractivity contribution >= 4 is 28.9 Å². The highest BCUT2D eigenvalue weighted by Crippen LogP contribution is 2.27. The van der Waals surface area contributed by atoms with Crippen molar-refractivity contribution in [2.75, 3.05) is 18.6 Å². The van der Waals surface area contributed by atoms with Crippen molar-refractivity contribution in [2.24, 2.45) is 0 Å². The Morgan fingerprint density at radius 2 is 2.10 bits per heavy atom. The minimum absolute atomic E-state index is 0.171. The van der Waals surface area contributed by atoms with Crippen LogP contribution in [0.3, 0.4) is 0 Å². The van der Waals surface area contributed by atoms with Crippen LogP contribution in [0.2, 0.25) is 0 Å². The minimum atomic E-state index is -0.425. The summed E-state index contributed by atoms with van der Waals surface area (Å²) in [5.41, 5.74) is 2.56. The largest absolute Gasteiger partial charge is 0.464 e. The van der Waals surface area contributed by atoms with Crippen LogP contribution in [0.4, 0.5) is 5.69 Å². The molecule has 1 aromatic carbocycles. The number of hydrogen-bond acceptors (Lipinski definition) is 5. The number of esters is 1. The number of rotatable bonds is 3. The molecule has 1 aliphatic rings. The van der Waals surface area contributed by atoms with Gasteiger partial charge in [0.15, 0.2) is 0 Å². The monoisotopic (exact) mass is 302 g/mol. The molecular formula is C15H14N2O3S. The van der Waals surface area contributed by atoms with Crippen molar-refractivity contribution in [3.63, 3.8) is 0 Å². The number of anilines is 1. The van der Waals surface area contributed by atoms with Crippen LogP contribution in [0.25, 0.3) is 11.3 Å². The molecule has 0 unspecified atom stereocenters. The van der Waals surface area contributed by atoms with Gasteiger partial charge in [0.25, 0.3) is 0 Å². The number of hydrogen-bond donors (Lipinski definition) is 0. The van der Waals surface area contributed by atoms with Gasteiger partial charge in [-0.05, 0) is 18.6 Å². The topological polar surface area (TPSA) is 59.5 Å². The Balaban J connectivity index is 1.82. The smallest absolute Gasteiger partial charge is 0.367 e. The summed E-state index contributed by atoms with van der Waals surface area (Å²) in [6.45, 7) is 0.779. The highest BCUT2D eigenvalue weighted by atomic mass is 32.1. The number of amides is 1. The van der Waals surface area contributed by atoms with E-state index < -0.39 is 5.97 Å². The van der Waals surface area contributed by atoms with Crippen LogP contribution < -0.4 is 4.90 Å². The van der Waals surface area contributed by atoms with E-state index in [4.69, 9.17) is 0 Å². The summed E-state index contributed by atoms with van der Waals surface area (Å²) in [6, 6.07) is 7.65. The van der Waals surface area contributed by atoms with Crippen LogP contribution in [0.15, 0.2) is 29.6 Å². The zero-order valence-electron chi connectivity index (χ0n) is 11.5. The summed E-state index contributed by atoms with van der Waals surface area (Å²) in [7, 11) is 1.34. The predicted molar refractivity (Wildman–Crippen MR) is 80.5 cm³/mol. The fourth-order valence-electron chi connectivity index (χ4n) is 2.32. The molecule has 0 N–H and O–H groups in total. The molecule has 21 heavy (non-hydrogen) atoms. The number of thiazole rings is 1. The van der Waals surface area contributed by atoms with E-state index in [0.29, 0.717) is 11.4 Å². The van der Waals surface area contributed by atoms with Crippen molar-refractivity contribution in [3.8, 4) is 11.3 Å². The van der Waals surface area contributed by atoms with Gasteiger partial charge < -0.3 is 9.64 Å². The van der Waals surface area contributed by atoms with Crippen LogP contribution in [-0.2, 0) is 9.53 Å². The maximum atomic E-state index is 11.7. The third-order valence-electron chi connectivity index (χ3n) is 3.41. The molecule has 1 aromatic heterocycles. The molecule has 6 heteroatoms. The lowest BCUT2D eigenvalue weighted by Gasteiger charge is -2.15. The molecule has 1 amide bonds. The van der Waals surface area contributed by atoms with Crippen molar-refractivity contribution < 1.29 is 14.3 Å². The van der Waals surface area contributed by atoms with E-state index in [9.17, 15) is 9.59 Å². The second-order valence-electron chi connectivity index (χ2n) is 4.73. The molecule has 0 aliphatic carbocycles. The number of methoxy groups -OCH3 is 1. The van der Waals surface area contributed by atoms with Crippen molar-refractivity contribution in [3.05, 3.63) is 34.7 Å². The molecule has 0 spiro atoms. The van der Waals surface area contributed by atoms with Crippen molar-refractivity contribution in [1.82, 2.24) is 4.98 Å². The van der Waals surface area contributed by atoms with Crippen LogP contribution in [0.1, 0.15) is 22.6 Å². The number of aromatic nitrogens is 1. The van der Waals surface area contributed by atoms with E-state index in [2.05, 4.69) is 9.72 Å². The number of ether oxygens (including phenoxy) is 1. The van der Waals surface area contributed by atoms with Crippen LogP contribution in [0.5, 0.6) is 0 Å². The van der Waals surface area contributed by atoms with E-state index in [1.54, 1.807) is 4.90 Å². The van der Waals surface area contributed by atoms with Gasteiger partial charge >= 0.3 is 5.97 Å². The normalized spacial score (nSPS) is 14.5. The van der Waals surface area contributed by atoms with Gasteiger partial charge in [0, 0.05) is 29.6 Å². The van der Waals surface area contributed by atoms with E-state index in [1.807, 2.05) is 29.6 Å². The summed E-state index contributed by atoms with van der Waals surface area (Å²) in [5.74, 6) is -0.255. The van der Waals surface area contributed by atoms with Crippen LogP contribution in [0, 0.1) is 0 Å². The summed E-state index contributed by atoms with van der Waals surface area (Å²) in [6.07, 6.45) is 1.53. The number of carbonyl (C=O) groups is 2. The molecule has 1 fully saturated rings. The van der Waals surface area contributed by atoms with Crippen LogP contribution >= 0.6 is 11.3 Å². The number of nitrogens with zero attached hydrogens (tertiary/aromatic N) is 2. The highest BCUT2D eigenvalue weighted by molar-refractivity contribution is 7.11. The zero-order chi connectivity index (χ0) is 14.8. The van der Waals surface area contributed by atoms with Crippen LogP contribution in [-0.4, -0.2) is 30.5 Å². The number of carbonyl (C=O) groups excluding carboxylic acids is 2. The average Bonchev–Trinajstić information content (AvgIpc) is 3.15. The first-order valence-electron chi connectivity index (χ1n) is 6.63. The Labute approximate surface area is 126 Å². The maximum absolute atomic E-state index is 11.7. The summed E-state index contributed by atoms with van der Waals surface area (Å²) < 4.78 is 4.65. The highest BCUT2D eigenvalue weighted by Gasteiger charge is 2.21. The molecule has 1 saturated heterocycles. The standard InChI is InChI=1S/C15H14N2O3S/c1-20-15(19)14-16-12(9-21-14)10-4-6-11(7-5-10)17-8-2-3-13(17)18/h4-7,9H,2-3,8H2,1H3. The van der Waals surface area contributed by atoms with Crippen molar-refractivity contribution in [1.29, 1.82) is 0 Å². The van der Waals surface area contributed by atoms with Crippen molar-refractivity contribution in [2.45, 2.75) is 12.8 Å². The van der Waals surface area contributed by atoms with E-state index in [1.165, 1.54) is 18.4 Å². The molecule has 3 rings (SSSR count). The van der Waals surface area contributed by atoms with Gasteiger partial charge in [-0.2, -0.15) is 0 Å². The van der Waals surface area contributed by atoms with E-state index >= 15 is 0 Å². The Bertz CT molecular complexity index is 678. The lowest BCUT2D eigenvalue weighted by Crippen LogP contribution is -2.23. The second-order valence-corrected chi connectivity index (χ2v) is 5.58. The first kappa shape index (κ1) is 13.8. The molecule has 0 bridgehead atoms. The Kier molecular flexibility index (Phi) is 3.70. The zero-order valence-corrected chi connectivity index (χ0v) is 12.4. The van der Waals surface area contributed by atoms with Gasteiger partial charge in [-0.25, -0.2) is 9.78 Å². The third-order valence-corrected chi connectivity index (χ3v) is 4.23. The molecule has 108 valence electrons. The molecular weight excluding hydrogens is 288 g/mol. The predicted octanol–water partition coefficient (Wildman–Crippen LogP) is 2.72. The van der Waals surface area contributed by atoms with E-state index in [-0.39, 0.29) is 5.91 Å². The Hall–Kier alpha value is -2.21. The Morgan fingerprint density at radius 1 is 1.33 bits per heavy atom. The molecule has 0 radical (unpaired) electrons. The quantitative estimate of drug-likeness (QED) is 0.818. The molecule has 0 atom stereocenters. The molecule has 1 aliphatic heterocycles. The van der Waals surface area contributed by atoms with Gasteiger partial charge in [-0.3, -0.25) is 4.79 Å². The van der Waals surface area contributed by atoms with Gasteiger partial charge in [-0.15, -0.1) is 11.3 Å². The van der Waals surface area contributed by atoms with Gasteiger partial charge in [0.1, 0.15) is 0 Å². The van der Waals surface area contributed by atoms with Gasteiger partial charge in [0.05, 0.1) is 12.8 Å². The SMILES string of the molecule is COC(=O)c1nc(-c2ccc(N3CCCC3=O)cc2)cs1. The second kappa shape index (κ2) is 5.65. The summed E-state index contributed by atoms with van der Waals surface area (Å²) >= 11 is 1.26. The summed E-state index contributed by atoms with van der Waals surface area (Å²) in [4.78, 5) is 29.2. The average molecular weight is 302 g/mol. The molecule has 0 saturated carbocycles. The molecule has 5 nitrogen and oxygen atoms in total. The first-order valence-corrected chi connectivity index (χ1v) is 7.51. The fraction of sp³-hybridized carbons (Fsp3) is 0.267.